The number of rotatable bonds is 1. The van der Waals surface area contributed by atoms with Crippen molar-refractivity contribution in [1.29, 1.82) is 5.26 Å². The van der Waals surface area contributed by atoms with E-state index in [2.05, 4.69) is 32.0 Å². The lowest BCUT2D eigenvalue weighted by Crippen LogP contribution is -2.09. The molecule has 0 bridgehead atoms. The molecule has 1 aliphatic heterocycles. The number of aryl methyl sites for hydroxylation is 2. The Bertz CT molecular complexity index is 385. The van der Waals surface area contributed by atoms with E-state index in [0.717, 1.165) is 6.42 Å². The molecule has 1 aromatic carbocycles. The quantitative estimate of drug-likeness (QED) is 0.700. The Morgan fingerprint density at radius 2 is 2.00 bits per heavy atom. The van der Waals surface area contributed by atoms with Crippen LogP contribution in [-0.4, -0.2) is 6.61 Å². The van der Waals surface area contributed by atoms with Crippen LogP contribution < -0.4 is 0 Å². The van der Waals surface area contributed by atoms with Crippen LogP contribution in [0.3, 0.4) is 0 Å². The molecule has 2 unspecified atom stereocenters. The van der Waals surface area contributed by atoms with Crippen molar-refractivity contribution < 1.29 is 4.74 Å². The number of hydrogen-bond acceptors (Lipinski definition) is 2. The van der Waals surface area contributed by atoms with Crippen LogP contribution in [0.15, 0.2) is 18.2 Å². The summed E-state index contributed by atoms with van der Waals surface area (Å²) < 4.78 is 5.68. The second kappa shape index (κ2) is 4.04. The van der Waals surface area contributed by atoms with Crippen molar-refractivity contribution >= 4 is 0 Å². The van der Waals surface area contributed by atoms with E-state index in [1.54, 1.807) is 0 Å². The second-order valence-electron chi connectivity index (χ2n) is 4.12. The van der Waals surface area contributed by atoms with Gasteiger partial charge in [-0.1, -0.05) is 18.2 Å². The van der Waals surface area contributed by atoms with Crippen LogP contribution in [0.25, 0.3) is 0 Å². The van der Waals surface area contributed by atoms with Crippen LogP contribution in [-0.2, 0) is 4.74 Å². The van der Waals surface area contributed by atoms with Crippen LogP contribution >= 0.6 is 0 Å². The maximum absolute atomic E-state index is 9.05. The Balaban J connectivity index is 2.41. The minimum Gasteiger partial charge on any atom is -0.372 e. The Labute approximate surface area is 90.5 Å². The standard InChI is InChI=1S/C13H15NO/c1-9-4-3-5-10(2)12(9)13-11(8-14)6-7-15-13/h3-5,11,13H,6-7H2,1-2H3. The van der Waals surface area contributed by atoms with E-state index in [9.17, 15) is 0 Å². The van der Waals surface area contributed by atoms with E-state index in [1.807, 2.05) is 6.07 Å². The largest absolute Gasteiger partial charge is 0.372 e. The van der Waals surface area contributed by atoms with Gasteiger partial charge in [0.05, 0.1) is 18.1 Å². The van der Waals surface area contributed by atoms with Crippen molar-refractivity contribution in [2.24, 2.45) is 5.92 Å². The molecule has 0 N–H and O–H groups in total. The van der Waals surface area contributed by atoms with Crippen molar-refractivity contribution in [3.8, 4) is 6.07 Å². The monoisotopic (exact) mass is 201 g/mol. The SMILES string of the molecule is Cc1cccc(C)c1C1OCCC1C#N. The predicted molar refractivity (Wildman–Crippen MR) is 58.3 cm³/mol. The van der Waals surface area contributed by atoms with Gasteiger partial charge in [0.25, 0.3) is 0 Å². The van der Waals surface area contributed by atoms with Crippen LogP contribution in [0.2, 0.25) is 0 Å². The van der Waals surface area contributed by atoms with E-state index in [0.29, 0.717) is 6.61 Å². The Hall–Kier alpha value is -1.33. The summed E-state index contributed by atoms with van der Waals surface area (Å²) in [5.74, 6) is 0.0183. The third-order valence-electron chi connectivity index (χ3n) is 3.08. The number of ether oxygens (including phenoxy) is 1. The molecule has 1 heterocycles. The molecular weight excluding hydrogens is 186 g/mol. The van der Waals surface area contributed by atoms with Crippen molar-refractivity contribution in [2.75, 3.05) is 6.61 Å². The number of nitriles is 1. The van der Waals surface area contributed by atoms with Gasteiger partial charge in [-0.25, -0.2) is 0 Å². The topological polar surface area (TPSA) is 33.0 Å². The summed E-state index contributed by atoms with van der Waals surface area (Å²) in [6.07, 6.45) is 0.839. The molecule has 0 spiro atoms. The van der Waals surface area contributed by atoms with Crippen LogP contribution in [0.4, 0.5) is 0 Å². The van der Waals surface area contributed by atoms with Crippen molar-refractivity contribution in [3.63, 3.8) is 0 Å². The van der Waals surface area contributed by atoms with Gasteiger partial charge in [0.2, 0.25) is 0 Å². The highest BCUT2D eigenvalue weighted by Gasteiger charge is 2.31. The normalized spacial score (nSPS) is 25.1. The van der Waals surface area contributed by atoms with Gasteiger partial charge in [0.1, 0.15) is 0 Å². The molecule has 1 saturated heterocycles. The Morgan fingerprint density at radius 3 is 2.60 bits per heavy atom. The fourth-order valence-corrected chi connectivity index (χ4v) is 2.28. The smallest absolute Gasteiger partial charge is 0.0988 e. The summed E-state index contributed by atoms with van der Waals surface area (Å²) in [5, 5.41) is 9.05. The molecule has 0 aliphatic carbocycles. The van der Waals surface area contributed by atoms with Crippen LogP contribution in [0.5, 0.6) is 0 Å². The molecule has 1 aliphatic rings. The first-order chi connectivity index (χ1) is 7.24. The fraction of sp³-hybridized carbons (Fsp3) is 0.462. The summed E-state index contributed by atoms with van der Waals surface area (Å²) in [4.78, 5) is 0. The summed E-state index contributed by atoms with van der Waals surface area (Å²) in [6, 6.07) is 8.55. The van der Waals surface area contributed by atoms with Gasteiger partial charge in [0.15, 0.2) is 0 Å². The zero-order chi connectivity index (χ0) is 10.8. The molecular formula is C13H15NO. The minimum atomic E-state index is -0.0174. The molecule has 1 aromatic rings. The minimum absolute atomic E-state index is 0.0174. The molecule has 78 valence electrons. The van der Waals surface area contributed by atoms with Crippen molar-refractivity contribution in [1.82, 2.24) is 0 Å². The molecule has 1 fully saturated rings. The lowest BCUT2D eigenvalue weighted by molar-refractivity contribution is 0.0997. The molecule has 2 heteroatoms. The molecule has 2 rings (SSSR count). The Morgan fingerprint density at radius 1 is 1.33 bits per heavy atom. The number of benzene rings is 1. The molecule has 15 heavy (non-hydrogen) atoms. The molecule has 2 nitrogen and oxygen atoms in total. The zero-order valence-corrected chi connectivity index (χ0v) is 9.16. The predicted octanol–water partition coefficient (Wildman–Crippen LogP) is 2.90. The van der Waals surface area contributed by atoms with E-state index in [-0.39, 0.29) is 12.0 Å². The van der Waals surface area contributed by atoms with Crippen molar-refractivity contribution in [3.05, 3.63) is 34.9 Å². The van der Waals surface area contributed by atoms with Gasteiger partial charge in [0, 0.05) is 6.61 Å². The summed E-state index contributed by atoms with van der Waals surface area (Å²) in [7, 11) is 0. The fourth-order valence-electron chi connectivity index (χ4n) is 2.28. The first kappa shape index (κ1) is 10.2. The summed E-state index contributed by atoms with van der Waals surface area (Å²) in [5.41, 5.74) is 3.66. The first-order valence-corrected chi connectivity index (χ1v) is 5.31. The van der Waals surface area contributed by atoms with E-state index in [1.165, 1.54) is 16.7 Å². The highest BCUT2D eigenvalue weighted by molar-refractivity contribution is 5.36. The van der Waals surface area contributed by atoms with Gasteiger partial charge in [-0.2, -0.15) is 5.26 Å². The van der Waals surface area contributed by atoms with Crippen LogP contribution in [0.1, 0.15) is 29.2 Å². The summed E-state index contributed by atoms with van der Waals surface area (Å²) >= 11 is 0. The van der Waals surface area contributed by atoms with E-state index >= 15 is 0 Å². The summed E-state index contributed by atoms with van der Waals surface area (Å²) in [6.45, 7) is 4.87. The average molecular weight is 201 g/mol. The highest BCUT2D eigenvalue weighted by atomic mass is 16.5. The third kappa shape index (κ3) is 1.75. The maximum Gasteiger partial charge on any atom is 0.0988 e. The molecule has 0 amide bonds. The van der Waals surface area contributed by atoms with E-state index < -0.39 is 0 Å². The lowest BCUT2D eigenvalue weighted by atomic mass is 9.90. The zero-order valence-electron chi connectivity index (χ0n) is 9.16. The molecule has 2 atom stereocenters. The third-order valence-corrected chi connectivity index (χ3v) is 3.08. The molecule has 0 aromatic heterocycles. The van der Waals surface area contributed by atoms with Gasteiger partial charge >= 0.3 is 0 Å². The second-order valence-corrected chi connectivity index (χ2v) is 4.12. The van der Waals surface area contributed by atoms with Crippen molar-refractivity contribution in [2.45, 2.75) is 26.4 Å². The first-order valence-electron chi connectivity index (χ1n) is 5.31. The van der Waals surface area contributed by atoms with E-state index in [4.69, 9.17) is 10.00 Å². The van der Waals surface area contributed by atoms with Gasteiger partial charge < -0.3 is 4.74 Å². The van der Waals surface area contributed by atoms with Gasteiger partial charge in [-0.15, -0.1) is 0 Å². The average Bonchev–Trinajstić information content (AvgIpc) is 2.65. The molecule has 0 radical (unpaired) electrons. The van der Waals surface area contributed by atoms with Crippen LogP contribution in [0, 0.1) is 31.1 Å². The number of nitrogens with zero attached hydrogens (tertiary/aromatic N) is 1. The van der Waals surface area contributed by atoms with Gasteiger partial charge in [-0.3, -0.25) is 0 Å². The molecule has 0 saturated carbocycles. The van der Waals surface area contributed by atoms with Gasteiger partial charge in [-0.05, 0) is 37.0 Å². The highest BCUT2D eigenvalue weighted by Crippen LogP contribution is 2.37. The lowest BCUT2D eigenvalue weighted by Gasteiger charge is -2.18. The number of hydrogen-bond donors (Lipinski definition) is 0. The Kier molecular flexibility index (Phi) is 2.75. The maximum atomic E-state index is 9.05.